The van der Waals surface area contributed by atoms with Crippen LogP contribution >= 0.6 is 0 Å². The number of nitrogens with zero attached hydrogens (tertiary/aromatic N) is 3. The smallest absolute Gasteiger partial charge is 0.305 e. The zero-order valence-corrected chi connectivity index (χ0v) is 25.6. The molecule has 3 aromatic carbocycles. The quantitative estimate of drug-likeness (QED) is 0.268. The zero-order chi connectivity index (χ0) is 32.9. The van der Waals surface area contributed by atoms with E-state index in [4.69, 9.17) is 0 Å². The Morgan fingerprint density at radius 1 is 0.978 bits per heavy atom. The third kappa shape index (κ3) is 6.49. The number of hydrogen-bond acceptors (Lipinski definition) is 6. The van der Waals surface area contributed by atoms with Crippen molar-refractivity contribution in [3.63, 3.8) is 0 Å². The molecule has 0 aromatic heterocycles. The number of rotatable bonds is 9. The van der Waals surface area contributed by atoms with Crippen molar-refractivity contribution in [1.29, 1.82) is 5.26 Å². The van der Waals surface area contributed by atoms with Crippen molar-refractivity contribution in [3.8, 4) is 6.07 Å². The second-order valence-corrected chi connectivity index (χ2v) is 14.0. The Balaban J connectivity index is 1.44. The Labute approximate surface area is 259 Å². The van der Waals surface area contributed by atoms with Crippen LogP contribution in [0, 0.1) is 11.3 Å². The van der Waals surface area contributed by atoms with Crippen LogP contribution in [0.5, 0.6) is 0 Å². The summed E-state index contributed by atoms with van der Waals surface area (Å²) in [7, 11) is -3.43. The van der Waals surface area contributed by atoms with E-state index in [9.17, 15) is 41.2 Å². The Bertz CT molecular complexity index is 1860. The van der Waals surface area contributed by atoms with Crippen molar-refractivity contribution in [2.45, 2.75) is 68.6 Å². The van der Waals surface area contributed by atoms with Crippen LogP contribution in [0.4, 0.5) is 23.7 Å². The summed E-state index contributed by atoms with van der Waals surface area (Å²) >= 11 is 0. The molecular weight excluding hydrogens is 607 g/mol. The van der Waals surface area contributed by atoms with Crippen molar-refractivity contribution < 1.29 is 36.0 Å². The highest BCUT2D eigenvalue weighted by Gasteiger charge is 2.52. The Hall–Kier alpha value is -4.50. The molecule has 0 spiro atoms. The summed E-state index contributed by atoms with van der Waals surface area (Å²) in [5, 5.41) is 9.50. The average Bonchev–Trinajstić information content (AvgIpc) is 3.79. The van der Waals surface area contributed by atoms with Gasteiger partial charge >= 0.3 is 12.2 Å². The molecule has 1 saturated heterocycles. The lowest BCUT2D eigenvalue weighted by atomic mass is 9.95. The second kappa shape index (κ2) is 11.5. The van der Waals surface area contributed by atoms with Crippen molar-refractivity contribution in [3.05, 3.63) is 94.0 Å². The average molecular weight is 638 g/mol. The molecule has 3 amide bonds. The van der Waals surface area contributed by atoms with E-state index in [0.29, 0.717) is 11.1 Å². The van der Waals surface area contributed by atoms with Gasteiger partial charge in [0.2, 0.25) is 0 Å². The number of nitriles is 1. The van der Waals surface area contributed by atoms with E-state index in [1.165, 1.54) is 55.1 Å². The number of sulfone groups is 1. The summed E-state index contributed by atoms with van der Waals surface area (Å²) < 4.78 is 64.7. The van der Waals surface area contributed by atoms with E-state index in [1.807, 2.05) is 0 Å². The summed E-state index contributed by atoms with van der Waals surface area (Å²) in [5.41, 5.74) is -0.0308. The first-order valence-corrected chi connectivity index (χ1v) is 16.1. The van der Waals surface area contributed by atoms with Crippen molar-refractivity contribution >= 4 is 33.2 Å². The topological polar surface area (TPSA) is 116 Å². The predicted molar refractivity (Wildman–Crippen MR) is 159 cm³/mol. The molecule has 8 nitrogen and oxygen atoms in total. The van der Waals surface area contributed by atoms with Crippen LogP contribution < -0.4 is 4.90 Å². The van der Waals surface area contributed by atoms with Gasteiger partial charge in [-0.2, -0.15) is 18.4 Å². The van der Waals surface area contributed by atoms with Gasteiger partial charge < -0.3 is 4.90 Å². The molecule has 2 fully saturated rings. The number of halogens is 3. The molecule has 5 rings (SSSR count). The summed E-state index contributed by atoms with van der Waals surface area (Å²) in [5.74, 6) is -0.738. The number of carbonyl (C=O) groups is 3. The molecule has 0 atom stereocenters. The number of anilines is 1. The van der Waals surface area contributed by atoms with E-state index in [1.54, 1.807) is 12.1 Å². The molecule has 1 saturated carbocycles. The molecule has 0 radical (unpaired) electrons. The van der Waals surface area contributed by atoms with Crippen molar-refractivity contribution in [1.82, 2.24) is 4.90 Å². The fourth-order valence-electron chi connectivity index (χ4n) is 5.50. The van der Waals surface area contributed by atoms with Crippen LogP contribution in [-0.2, 0) is 45.0 Å². The van der Waals surface area contributed by atoms with Gasteiger partial charge in [-0.1, -0.05) is 18.2 Å². The monoisotopic (exact) mass is 637 g/mol. The summed E-state index contributed by atoms with van der Waals surface area (Å²) in [6.45, 7) is 2.66. The number of amides is 3. The fraction of sp³-hybridized carbons (Fsp3) is 0.333. The normalized spacial score (nSPS) is 16.6. The Morgan fingerprint density at radius 2 is 1.64 bits per heavy atom. The number of Topliss-reactive ketones (excluding diaryl/α,β-unsaturated/α-hetero) is 1. The first-order chi connectivity index (χ1) is 21.0. The van der Waals surface area contributed by atoms with Gasteiger partial charge in [-0.3, -0.25) is 9.59 Å². The van der Waals surface area contributed by atoms with Crippen LogP contribution in [-0.4, -0.2) is 42.8 Å². The van der Waals surface area contributed by atoms with E-state index < -0.39 is 39.1 Å². The molecule has 12 heteroatoms. The summed E-state index contributed by atoms with van der Waals surface area (Å²) in [6.07, 6.45) is -2.18. The molecule has 1 heterocycles. The lowest BCUT2D eigenvalue weighted by Gasteiger charge is -2.29. The maximum atomic E-state index is 13.8. The maximum absolute atomic E-state index is 13.8. The molecule has 0 bridgehead atoms. The number of imide groups is 1. The molecular formula is C33H30F3N3O5S. The maximum Gasteiger partial charge on any atom is 0.416 e. The van der Waals surface area contributed by atoms with Gasteiger partial charge in [0.05, 0.1) is 27.8 Å². The highest BCUT2D eigenvalue weighted by molar-refractivity contribution is 7.90. The number of carbonyl (C=O) groups excluding carboxylic acids is 3. The highest BCUT2D eigenvalue weighted by Crippen LogP contribution is 2.44. The van der Waals surface area contributed by atoms with Crippen molar-refractivity contribution in [2.24, 2.45) is 0 Å². The molecule has 1 aliphatic heterocycles. The molecule has 1 aliphatic carbocycles. The van der Waals surface area contributed by atoms with Gasteiger partial charge in [-0.25, -0.2) is 18.1 Å². The number of alkyl halides is 3. The highest BCUT2D eigenvalue weighted by atomic mass is 32.2. The number of hydrogen-bond donors (Lipinski definition) is 0. The molecule has 0 N–H and O–H groups in total. The second-order valence-electron chi connectivity index (χ2n) is 12.0. The fourth-order valence-corrected chi connectivity index (χ4v) is 6.13. The van der Waals surface area contributed by atoms with E-state index in [-0.39, 0.29) is 52.8 Å². The summed E-state index contributed by atoms with van der Waals surface area (Å²) in [4.78, 5) is 42.7. The number of urea groups is 1. The standard InChI is InChI=1S/C33H30F3N3O5S/c1-32(2)30(41)39(26-11-9-23(18-37)29(17-26)21-6-7-21)31(42)38(32)19-24-15-25(33(34,35)36)10-8-22(24)16-27(40)14-20-4-12-28(13-5-20)45(3,43)44/h4-5,8-13,15,17,21H,6-7,14,16,19H2,1-3H3. The van der Waals surface area contributed by atoms with E-state index in [2.05, 4.69) is 6.07 Å². The SMILES string of the molecule is CC1(C)C(=O)N(c2ccc(C#N)c(C3CC3)c2)C(=O)N1Cc1cc(C(F)(F)F)ccc1CC(=O)Cc1ccc(S(C)(=O)=O)cc1. The molecule has 0 unspecified atom stereocenters. The first-order valence-electron chi connectivity index (χ1n) is 14.2. The van der Waals surface area contributed by atoms with Crippen LogP contribution in [0.2, 0.25) is 0 Å². The minimum atomic E-state index is -4.69. The lowest BCUT2D eigenvalue weighted by molar-refractivity contribution is -0.137. The van der Waals surface area contributed by atoms with E-state index >= 15 is 0 Å². The van der Waals surface area contributed by atoms with Gasteiger partial charge in [0, 0.05) is 25.6 Å². The number of benzene rings is 3. The third-order valence-electron chi connectivity index (χ3n) is 8.26. The Morgan fingerprint density at radius 3 is 2.22 bits per heavy atom. The molecule has 45 heavy (non-hydrogen) atoms. The van der Waals surface area contributed by atoms with E-state index in [0.717, 1.165) is 41.7 Å². The van der Waals surface area contributed by atoms with Gasteiger partial charge in [0.1, 0.15) is 11.3 Å². The van der Waals surface area contributed by atoms with Gasteiger partial charge in [0.25, 0.3) is 5.91 Å². The number of ketones is 1. The van der Waals surface area contributed by atoms with Crippen LogP contribution in [0.25, 0.3) is 0 Å². The third-order valence-corrected chi connectivity index (χ3v) is 9.39. The largest absolute Gasteiger partial charge is 0.416 e. The predicted octanol–water partition coefficient (Wildman–Crippen LogP) is 5.96. The molecule has 2 aliphatic rings. The minimum Gasteiger partial charge on any atom is -0.305 e. The van der Waals surface area contributed by atoms with Crippen LogP contribution in [0.1, 0.15) is 66.0 Å². The first kappa shape index (κ1) is 31.9. The minimum absolute atomic E-state index is 0.0696. The summed E-state index contributed by atoms with van der Waals surface area (Å²) in [6, 6.07) is 14.9. The molecule has 3 aromatic rings. The Kier molecular flexibility index (Phi) is 8.12. The van der Waals surface area contributed by atoms with Crippen molar-refractivity contribution in [2.75, 3.05) is 11.2 Å². The van der Waals surface area contributed by atoms with Gasteiger partial charge in [-0.15, -0.1) is 0 Å². The molecule has 234 valence electrons. The van der Waals surface area contributed by atoms with Crippen LogP contribution in [0.3, 0.4) is 0 Å². The van der Waals surface area contributed by atoms with Gasteiger partial charge in [0.15, 0.2) is 9.84 Å². The lowest BCUT2D eigenvalue weighted by Crippen LogP contribution is -2.43. The van der Waals surface area contributed by atoms with Gasteiger partial charge in [-0.05, 0) is 97.3 Å². The van der Waals surface area contributed by atoms with Crippen LogP contribution in [0.15, 0.2) is 65.6 Å². The zero-order valence-electron chi connectivity index (χ0n) is 24.8.